The van der Waals surface area contributed by atoms with E-state index in [1.165, 1.54) is 18.2 Å². The van der Waals surface area contributed by atoms with Crippen LogP contribution in [0.3, 0.4) is 0 Å². The van der Waals surface area contributed by atoms with Gasteiger partial charge in [-0.25, -0.2) is 18.5 Å². The number of methoxy groups -OCH3 is 2. The van der Waals surface area contributed by atoms with Gasteiger partial charge < -0.3 is 14.2 Å². The summed E-state index contributed by atoms with van der Waals surface area (Å²) in [5, 5.41) is 5.95. The maximum Gasteiger partial charge on any atom is 0.238 e. The number of carbonyl (C=O) groups excluding carboxylic acids is 2. The van der Waals surface area contributed by atoms with Crippen LogP contribution in [0.5, 0.6) is 17.2 Å². The van der Waals surface area contributed by atoms with Gasteiger partial charge in [-0.3, -0.25) is 14.5 Å². The summed E-state index contributed by atoms with van der Waals surface area (Å²) in [4.78, 5) is 32.5. The van der Waals surface area contributed by atoms with Crippen molar-refractivity contribution in [3.63, 3.8) is 0 Å². The lowest BCUT2D eigenvalue weighted by atomic mass is 9.82. The number of fused-ring (bicyclic) bond motifs is 2. The molecule has 1 aromatic heterocycles. The number of ether oxygens (including phenoxy) is 3. The van der Waals surface area contributed by atoms with Crippen LogP contribution in [0, 0.1) is 0 Å². The number of piperidine rings is 1. The van der Waals surface area contributed by atoms with Gasteiger partial charge in [-0.15, -0.1) is 0 Å². The number of sulfonamides is 1. The van der Waals surface area contributed by atoms with E-state index >= 15 is 0 Å². The van der Waals surface area contributed by atoms with E-state index in [-0.39, 0.29) is 40.7 Å². The van der Waals surface area contributed by atoms with E-state index in [1.54, 1.807) is 26.4 Å². The van der Waals surface area contributed by atoms with E-state index in [2.05, 4.69) is 4.98 Å². The van der Waals surface area contributed by atoms with Gasteiger partial charge in [0.05, 0.1) is 37.6 Å². The van der Waals surface area contributed by atoms with Crippen LogP contribution in [0.2, 0.25) is 0 Å². The van der Waals surface area contributed by atoms with Gasteiger partial charge in [-0.1, -0.05) is 6.07 Å². The SMILES string of the molecule is COc1cc(C(=O)CN2CCC3(CC2)CC(=O)c2cc(S(N)(=O)=O)ccc2O3)nc2c(OC)cccc12. The standard InChI is InChI=1S/C26H27N3O7S/c1-34-23-5-3-4-17-24(35-2)13-19(28-25(17)23)21(31)15-29-10-8-26(9-11-29)14-20(30)18-12-16(37(27,32)33)6-7-22(18)36-26/h3-7,12-13H,8-11,14-15H2,1-2H3,(H2,27,32,33). The second-order valence-electron chi connectivity index (χ2n) is 9.35. The molecular formula is C26H27N3O7S. The summed E-state index contributed by atoms with van der Waals surface area (Å²) in [5.41, 5.74) is 0.382. The number of pyridine rings is 1. The third-order valence-corrected chi connectivity index (χ3v) is 7.92. The summed E-state index contributed by atoms with van der Waals surface area (Å²) in [6, 6.07) is 11.2. The van der Waals surface area contributed by atoms with Gasteiger partial charge in [0.2, 0.25) is 10.0 Å². The molecule has 3 aromatic rings. The highest BCUT2D eigenvalue weighted by Crippen LogP contribution is 2.40. The first kappa shape index (κ1) is 25.1. The Kier molecular flexibility index (Phi) is 6.38. The summed E-state index contributed by atoms with van der Waals surface area (Å²) in [6.45, 7) is 1.27. The normalized spacial score (nSPS) is 17.3. The molecule has 0 unspecified atom stereocenters. The van der Waals surface area contributed by atoms with Crippen LogP contribution in [0.4, 0.5) is 0 Å². The lowest BCUT2D eigenvalue weighted by Crippen LogP contribution is -2.51. The van der Waals surface area contributed by atoms with Gasteiger partial charge in [0, 0.05) is 37.4 Å². The monoisotopic (exact) mass is 525 g/mol. The molecule has 1 spiro atoms. The molecule has 2 N–H and O–H groups in total. The summed E-state index contributed by atoms with van der Waals surface area (Å²) in [5.74, 6) is 1.12. The summed E-state index contributed by atoms with van der Waals surface area (Å²) in [7, 11) is -0.822. The molecule has 5 rings (SSSR count). The Morgan fingerprint density at radius 2 is 1.84 bits per heavy atom. The van der Waals surface area contributed by atoms with Crippen LogP contribution in [0.15, 0.2) is 47.4 Å². The molecule has 11 heteroatoms. The Labute approximate surface area is 214 Å². The minimum Gasteiger partial charge on any atom is -0.496 e. The fourth-order valence-corrected chi connectivity index (χ4v) is 5.54. The molecule has 0 bridgehead atoms. The number of para-hydroxylation sites is 1. The minimum absolute atomic E-state index is 0.121. The Hall–Kier alpha value is -3.54. The van der Waals surface area contributed by atoms with Crippen LogP contribution in [-0.4, -0.2) is 69.3 Å². The van der Waals surface area contributed by atoms with E-state index in [4.69, 9.17) is 19.3 Å². The van der Waals surface area contributed by atoms with E-state index in [9.17, 15) is 18.0 Å². The largest absolute Gasteiger partial charge is 0.496 e. The molecule has 10 nitrogen and oxygen atoms in total. The van der Waals surface area contributed by atoms with Crippen molar-refractivity contribution in [2.75, 3.05) is 33.9 Å². The number of Topliss-reactive ketones (excluding diaryl/α,β-unsaturated/α-hetero) is 2. The molecule has 0 radical (unpaired) electrons. The molecule has 3 heterocycles. The fraction of sp³-hybridized carbons (Fsp3) is 0.346. The van der Waals surface area contributed by atoms with Crippen molar-refractivity contribution in [3.05, 3.63) is 53.7 Å². The van der Waals surface area contributed by atoms with Gasteiger partial charge in [-0.2, -0.15) is 0 Å². The van der Waals surface area contributed by atoms with Crippen molar-refractivity contribution in [3.8, 4) is 17.2 Å². The van der Waals surface area contributed by atoms with Gasteiger partial charge in [0.1, 0.15) is 34.1 Å². The lowest BCUT2D eigenvalue weighted by Gasteiger charge is -2.43. The second kappa shape index (κ2) is 9.40. The highest BCUT2D eigenvalue weighted by atomic mass is 32.2. The van der Waals surface area contributed by atoms with Crippen molar-refractivity contribution >= 4 is 32.5 Å². The summed E-state index contributed by atoms with van der Waals surface area (Å²) >= 11 is 0. The predicted octanol–water partition coefficient (Wildman–Crippen LogP) is 2.58. The molecular weight excluding hydrogens is 498 g/mol. The molecule has 1 saturated heterocycles. The van der Waals surface area contributed by atoms with Crippen molar-refractivity contribution in [1.29, 1.82) is 0 Å². The second-order valence-corrected chi connectivity index (χ2v) is 10.9. The number of hydrogen-bond donors (Lipinski definition) is 1. The number of carbonyl (C=O) groups is 2. The fourth-order valence-electron chi connectivity index (χ4n) is 5.00. The highest BCUT2D eigenvalue weighted by Gasteiger charge is 2.43. The third-order valence-electron chi connectivity index (χ3n) is 7.01. The molecule has 194 valence electrons. The maximum atomic E-state index is 13.2. The Balaban J connectivity index is 1.29. The van der Waals surface area contributed by atoms with Crippen molar-refractivity contribution in [1.82, 2.24) is 9.88 Å². The molecule has 0 saturated carbocycles. The number of hydrogen-bond acceptors (Lipinski definition) is 9. The number of rotatable bonds is 6. The van der Waals surface area contributed by atoms with Gasteiger partial charge in [0.15, 0.2) is 11.6 Å². The van der Waals surface area contributed by atoms with Crippen LogP contribution >= 0.6 is 0 Å². The first-order chi connectivity index (χ1) is 17.6. The Bertz CT molecular complexity index is 1510. The van der Waals surface area contributed by atoms with E-state index < -0.39 is 15.6 Å². The van der Waals surface area contributed by atoms with Crippen molar-refractivity contribution in [2.24, 2.45) is 5.14 Å². The molecule has 0 aliphatic carbocycles. The zero-order valence-electron chi connectivity index (χ0n) is 20.5. The van der Waals surface area contributed by atoms with E-state index in [0.29, 0.717) is 48.7 Å². The Morgan fingerprint density at radius 3 is 2.51 bits per heavy atom. The number of likely N-dealkylation sites (tertiary alicyclic amines) is 1. The van der Waals surface area contributed by atoms with Crippen molar-refractivity contribution in [2.45, 2.75) is 29.8 Å². The van der Waals surface area contributed by atoms with Crippen LogP contribution in [-0.2, 0) is 10.0 Å². The molecule has 1 fully saturated rings. The summed E-state index contributed by atoms with van der Waals surface area (Å²) < 4.78 is 40.5. The predicted molar refractivity (Wildman–Crippen MR) is 135 cm³/mol. The molecule has 0 atom stereocenters. The first-order valence-electron chi connectivity index (χ1n) is 11.8. The minimum atomic E-state index is -3.92. The molecule has 2 aromatic carbocycles. The third kappa shape index (κ3) is 4.77. The molecule has 2 aliphatic heterocycles. The first-order valence-corrected chi connectivity index (χ1v) is 13.3. The smallest absolute Gasteiger partial charge is 0.238 e. The zero-order valence-corrected chi connectivity index (χ0v) is 21.3. The number of benzene rings is 2. The maximum absolute atomic E-state index is 13.2. The quantitative estimate of drug-likeness (QED) is 0.481. The molecule has 0 amide bonds. The number of ketones is 2. The number of primary sulfonamides is 1. The lowest BCUT2D eigenvalue weighted by molar-refractivity contribution is -0.00810. The molecule has 37 heavy (non-hydrogen) atoms. The van der Waals surface area contributed by atoms with Gasteiger partial charge in [-0.05, 0) is 30.3 Å². The van der Waals surface area contributed by atoms with E-state index in [0.717, 1.165) is 5.39 Å². The van der Waals surface area contributed by atoms with Crippen LogP contribution in [0.25, 0.3) is 10.9 Å². The van der Waals surface area contributed by atoms with E-state index in [1.807, 2.05) is 17.0 Å². The molecule has 2 aliphatic rings. The zero-order chi connectivity index (χ0) is 26.4. The number of aromatic nitrogens is 1. The summed E-state index contributed by atoms with van der Waals surface area (Å²) in [6.07, 6.45) is 1.23. The van der Waals surface area contributed by atoms with Crippen LogP contribution in [0.1, 0.15) is 40.1 Å². The van der Waals surface area contributed by atoms with Crippen LogP contribution < -0.4 is 19.3 Å². The van der Waals surface area contributed by atoms with Crippen molar-refractivity contribution < 1.29 is 32.2 Å². The Morgan fingerprint density at radius 1 is 1.11 bits per heavy atom. The topological polar surface area (TPSA) is 138 Å². The highest BCUT2D eigenvalue weighted by molar-refractivity contribution is 7.89. The number of nitrogens with zero attached hydrogens (tertiary/aromatic N) is 2. The van der Waals surface area contributed by atoms with Gasteiger partial charge >= 0.3 is 0 Å². The number of nitrogens with two attached hydrogens (primary N) is 1. The average Bonchev–Trinajstić information content (AvgIpc) is 2.88. The average molecular weight is 526 g/mol. The van der Waals surface area contributed by atoms with Gasteiger partial charge in [0.25, 0.3) is 0 Å².